The molecule has 0 saturated heterocycles. The minimum atomic E-state index is -0.0687. The minimum Gasteiger partial charge on any atom is -0.469 e. The Morgan fingerprint density at radius 3 is 1.24 bits per heavy atom. The van der Waals surface area contributed by atoms with Gasteiger partial charge in [0.25, 0.3) is 0 Å². The van der Waals surface area contributed by atoms with Crippen molar-refractivity contribution in [2.24, 2.45) is 0 Å². The van der Waals surface area contributed by atoms with Crippen LogP contribution in [-0.2, 0) is 14.3 Å². The second-order valence-electron chi connectivity index (χ2n) is 11.9. The van der Waals surface area contributed by atoms with Gasteiger partial charge in [-0.2, -0.15) is 0 Å². The van der Waals surface area contributed by atoms with Crippen molar-refractivity contribution in [1.82, 2.24) is 0 Å². The summed E-state index contributed by atoms with van der Waals surface area (Å²) in [4.78, 5) is 11.1. The molecule has 0 amide bonds. The summed E-state index contributed by atoms with van der Waals surface area (Å²) >= 11 is 0. The van der Waals surface area contributed by atoms with E-state index in [0.29, 0.717) is 12.5 Å². The van der Waals surface area contributed by atoms with Crippen LogP contribution in [-0.4, -0.2) is 25.8 Å². The van der Waals surface area contributed by atoms with E-state index in [1.807, 2.05) is 0 Å². The molecule has 0 saturated carbocycles. The molecular formula is C35H70O3. The number of hydrogen-bond acceptors (Lipinski definition) is 3. The highest BCUT2D eigenvalue weighted by molar-refractivity contribution is 5.68. The molecule has 0 aliphatic heterocycles. The van der Waals surface area contributed by atoms with Crippen LogP contribution in [0, 0.1) is 0 Å². The third-order valence-corrected chi connectivity index (χ3v) is 8.12. The average Bonchev–Trinajstić information content (AvgIpc) is 2.93. The number of methoxy groups -OCH3 is 1. The molecule has 0 aromatic heterocycles. The van der Waals surface area contributed by atoms with Crippen LogP contribution in [0.25, 0.3) is 0 Å². The smallest absolute Gasteiger partial charge is 0.305 e. The van der Waals surface area contributed by atoms with Gasteiger partial charge in [-0.1, -0.05) is 168 Å². The number of unbranched alkanes of at least 4 members (excludes halogenated alkanes) is 23. The molecule has 3 heteroatoms. The van der Waals surface area contributed by atoms with E-state index < -0.39 is 0 Å². The van der Waals surface area contributed by atoms with Crippen molar-refractivity contribution in [3.8, 4) is 0 Å². The third kappa shape index (κ3) is 30.0. The summed E-state index contributed by atoms with van der Waals surface area (Å²) in [5, 5.41) is 0. The Morgan fingerprint density at radius 1 is 0.474 bits per heavy atom. The fourth-order valence-corrected chi connectivity index (χ4v) is 5.46. The van der Waals surface area contributed by atoms with Crippen molar-refractivity contribution in [3.63, 3.8) is 0 Å². The number of carbonyl (C=O) groups excluding carboxylic acids is 1. The van der Waals surface area contributed by atoms with Gasteiger partial charge < -0.3 is 9.47 Å². The molecule has 0 aliphatic carbocycles. The second-order valence-corrected chi connectivity index (χ2v) is 11.9. The molecule has 0 radical (unpaired) electrons. The molecule has 38 heavy (non-hydrogen) atoms. The van der Waals surface area contributed by atoms with Crippen molar-refractivity contribution in [3.05, 3.63) is 0 Å². The van der Waals surface area contributed by atoms with Gasteiger partial charge in [-0.3, -0.25) is 4.79 Å². The molecule has 0 spiro atoms. The van der Waals surface area contributed by atoms with Gasteiger partial charge in [0.2, 0.25) is 0 Å². The fraction of sp³-hybridized carbons (Fsp3) is 0.971. The van der Waals surface area contributed by atoms with Crippen LogP contribution in [0.4, 0.5) is 0 Å². The van der Waals surface area contributed by atoms with Gasteiger partial charge in [0, 0.05) is 13.0 Å². The molecule has 0 fully saturated rings. The van der Waals surface area contributed by atoms with E-state index in [2.05, 4.69) is 13.8 Å². The van der Waals surface area contributed by atoms with Gasteiger partial charge in [-0.05, 0) is 25.7 Å². The minimum absolute atomic E-state index is 0.0687. The van der Waals surface area contributed by atoms with E-state index in [-0.39, 0.29) is 5.97 Å². The van der Waals surface area contributed by atoms with Gasteiger partial charge in [0.15, 0.2) is 0 Å². The summed E-state index contributed by atoms with van der Waals surface area (Å²) in [6.07, 6.45) is 38.8. The fourth-order valence-electron chi connectivity index (χ4n) is 5.46. The first kappa shape index (κ1) is 37.4. The summed E-state index contributed by atoms with van der Waals surface area (Å²) < 4.78 is 11.1. The van der Waals surface area contributed by atoms with Crippen LogP contribution >= 0.6 is 0 Å². The van der Waals surface area contributed by atoms with E-state index in [0.717, 1.165) is 19.4 Å². The molecule has 1 atom stereocenters. The van der Waals surface area contributed by atoms with Crippen molar-refractivity contribution in [2.75, 3.05) is 13.7 Å². The molecule has 0 aromatic rings. The summed E-state index contributed by atoms with van der Waals surface area (Å²) in [5.41, 5.74) is 0. The summed E-state index contributed by atoms with van der Waals surface area (Å²) in [7, 11) is 1.48. The normalized spacial score (nSPS) is 12.2. The van der Waals surface area contributed by atoms with Crippen LogP contribution in [0.3, 0.4) is 0 Å². The van der Waals surface area contributed by atoms with Gasteiger partial charge in [0.05, 0.1) is 13.2 Å². The van der Waals surface area contributed by atoms with Crippen LogP contribution in [0.5, 0.6) is 0 Å². The predicted molar refractivity (Wildman–Crippen MR) is 167 cm³/mol. The van der Waals surface area contributed by atoms with Crippen molar-refractivity contribution in [2.45, 2.75) is 206 Å². The zero-order valence-electron chi connectivity index (χ0n) is 26.5. The van der Waals surface area contributed by atoms with Crippen LogP contribution in [0.1, 0.15) is 200 Å². The van der Waals surface area contributed by atoms with Crippen molar-refractivity contribution < 1.29 is 14.3 Å². The standard InChI is InChI=1S/C35H70O3/c1-4-6-8-10-11-12-13-14-15-16-19-22-25-29-33-38-34(30-26-9-7-5-2)31-27-23-20-17-18-21-24-28-32-35(36)37-3/h34H,4-33H2,1-3H3. The van der Waals surface area contributed by atoms with Gasteiger partial charge in [-0.15, -0.1) is 0 Å². The number of ether oxygens (including phenoxy) is 2. The van der Waals surface area contributed by atoms with Gasteiger partial charge in [0.1, 0.15) is 0 Å². The Balaban J connectivity index is 3.66. The Labute approximate surface area is 240 Å². The van der Waals surface area contributed by atoms with Crippen molar-refractivity contribution in [1.29, 1.82) is 0 Å². The lowest BCUT2D eigenvalue weighted by atomic mass is 10.0. The molecule has 0 heterocycles. The summed E-state index contributed by atoms with van der Waals surface area (Å²) in [6.45, 7) is 5.57. The van der Waals surface area contributed by atoms with E-state index in [4.69, 9.17) is 9.47 Å². The lowest BCUT2D eigenvalue weighted by molar-refractivity contribution is -0.140. The number of rotatable bonds is 32. The Kier molecular flexibility index (Phi) is 32.2. The van der Waals surface area contributed by atoms with Crippen LogP contribution in [0.2, 0.25) is 0 Å². The van der Waals surface area contributed by atoms with Crippen molar-refractivity contribution >= 4 is 5.97 Å². The molecular weight excluding hydrogens is 468 g/mol. The highest BCUT2D eigenvalue weighted by atomic mass is 16.5. The van der Waals surface area contributed by atoms with Gasteiger partial charge in [-0.25, -0.2) is 0 Å². The lowest BCUT2D eigenvalue weighted by Crippen LogP contribution is -2.14. The molecule has 1 unspecified atom stereocenters. The quantitative estimate of drug-likeness (QED) is 0.0631. The summed E-state index contributed by atoms with van der Waals surface area (Å²) in [5.74, 6) is -0.0687. The maximum absolute atomic E-state index is 11.1. The molecule has 0 aromatic carbocycles. The highest BCUT2D eigenvalue weighted by Crippen LogP contribution is 2.18. The largest absolute Gasteiger partial charge is 0.469 e. The van der Waals surface area contributed by atoms with Crippen LogP contribution in [0.15, 0.2) is 0 Å². The Morgan fingerprint density at radius 2 is 0.816 bits per heavy atom. The Bertz CT molecular complexity index is 450. The SMILES string of the molecule is CCCCCCCCCCCCCCCCOC(CCCCCC)CCCCCCCCCCC(=O)OC. The first-order valence-corrected chi connectivity index (χ1v) is 17.4. The molecule has 0 aliphatic rings. The molecule has 3 nitrogen and oxygen atoms in total. The number of hydrogen-bond donors (Lipinski definition) is 0. The maximum Gasteiger partial charge on any atom is 0.305 e. The first-order valence-electron chi connectivity index (χ1n) is 17.4. The topological polar surface area (TPSA) is 35.5 Å². The molecule has 228 valence electrons. The predicted octanol–water partition coefficient (Wildman–Crippen LogP) is 11.9. The van der Waals surface area contributed by atoms with Gasteiger partial charge >= 0.3 is 5.97 Å². The van der Waals surface area contributed by atoms with E-state index in [1.165, 1.54) is 174 Å². The molecule has 0 rings (SSSR count). The van der Waals surface area contributed by atoms with E-state index >= 15 is 0 Å². The lowest BCUT2D eigenvalue weighted by Gasteiger charge is -2.18. The maximum atomic E-state index is 11.1. The molecule has 0 N–H and O–H groups in total. The van der Waals surface area contributed by atoms with Crippen LogP contribution < -0.4 is 0 Å². The zero-order chi connectivity index (χ0) is 27.8. The summed E-state index contributed by atoms with van der Waals surface area (Å²) in [6, 6.07) is 0. The first-order chi connectivity index (χ1) is 18.7. The number of carbonyl (C=O) groups is 1. The Hall–Kier alpha value is -0.570. The van der Waals surface area contributed by atoms with E-state index in [1.54, 1.807) is 0 Å². The zero-order valence-corrected chi connectivity index (χ0v) is 26.5. The molecule has 0 bridgehead atoms. The monoisotopic (exact) mass is 539 g/mol. The average molecular weight is 539 g/mol. The highest BCUT2D eigenvalue weighted by Gasteiger charge is 2.09. The second kappa shape index (κ2) is 32.6. The third-order valence-electron chi connectivity index (χ3n) is 8.12. The van der Waals surface area contributed by atoms with E-state index in [9.17, 15) is 4.79 Å². The number of esters is 1.